The Kier molecular flexibility index (Phi) is 21.6. The van der Waals surface area contributed by atoms with Crippen molar-refractivity contribution in [2.45, 2.75) is 25.7 Å². The van der Waals surface area contributed by atoms with E-state index in [2.05, 4.69) is 26.6 Å². The van der Waals surface area contributed by atoms with Gasteiger partial charge >= 0.3 is 30.0 Å². The average Bonchev–Trinajstić information content (AvgIpc) is 1.94. The van der Waals surface area contributed by atoms with E-state index in [1.54, 1.807) is 0 Å². The third-order valence-corrected chi connectivity index (χ3v) is 0.789. The van der Waals surface area contributed by atoms with E-state index in [1.165, 1.54) is 16.3 Å². The molecule has 0 radical (unpaired) electrons. The summed E-state index contributed by atoms with van der Waals surface area (Å²) in [5, 5.41) is 8.02. The van der Waals surface area contributed by atoms with Crippen molar-refractivity contribution in [1.29, 1.82) is 5.26 Å². The molecule has 0 spiro atoms. The standard InChI is InChI=1S/C6H10N.BrH.Zn/c1-2-3-4-5-6-7;;/h1-5H2;1H;/q-1;;+2/p-1. The maximum atomic E-state index is 8.02. The molecule has 0 N–H and O–H groups in total. The van der Waals surface area contributed by atoms with Crippen molar-refractivity contribution in [3.63, 3.8) is 0 Å². The summed E-state index contributed by atoms with van der Waals surface area (Å²) in [5.74, 6) is 0. The van der Waals surface area contributed by atoms with Crippen LogP contribution in [0.25, 0.3) is 0 Å². The van der Waals surface area contributed by atoms with Crippen molar-refractivity contribution in [3.05, 3.63) is 6.92 Å². The maximum absolute atomic E-state index is 8.02. The predicted octanol–water partition coefficient (Wildman–Crippen LogP) is 2.75. The van der Waals surface area contributed by atoms with Crippen LogP contribution in [0, 0.1) is 18.3 Å². The van der Waals surface area contributed by atoms with Crippen LogP contribution in [0.1, 0.15) is 25.7 Å². The van der Waals surface area contributed by atoms with Crippen LogP contribution < -0.4 is 0 Å². The average molecular weight is 241 g/mol. The third-order valence-electron chi connectivity index (χ3n) is 0.789. The van der Waals surface area contributed by atoms with Crippen LogP contribution in [0.15, 0.2) is 0 Å². The topological polar surface area (TPSA) is 23.8 Å². The van der Waals surface area contributed by atoms with Crippen LogP contribution in [0.4, 0.5) is 0 Å². The van der Waals surface area contributed by atoms with E-state index in [9.17, 15) is 0 Å². The monoisotopic (exact) mass is 239 g/mol. The van der Waals surface area contributed by atoms with Gasteiger partial charge < -0.3 is 6.92 Å². The molecule has 0 aliphatic heterocycles. The molecular weight excluding hydrogens is 231 g/mol. The van der Waals surface area contributed by atoms with Gasteiger partial charge in [-0.15, -0.1) is 0 Å². The van der Waals surface area contributed by atoms with Gasteiger partial charge in [0.2, 0.25) is 0 Å². The molecule has 0 heterocycles. The van der Waals surface area contributed by atoms with Gasteiger partial charge in [-0.3, -0.25) is 0 Å². The molecule has 0 aliphatic rings. The molecule has 48 valence electrons. The molecule has 0 saturated heterocycles. The molecule has 0 aliphatic carbocycles. The molecule has 0 aromatic heterocycles. The summed E-state index contributed by atoms with van der Waals surface area (Å²) >= 11 is 4.25. The van der Waals surface area contributed by atoms with Gasteiger partial charge in [0, 0.05) is 6.42 Å². The minimum absolute atomic E-state index is 0.690. The molecular formula is C6H10BrNZn. The van der Waals surface area contributed by atoms with Crippen LogP contribution in [0.5, 0.6) is 0 Å². The van der Waals surface area contributed by atoms with Gasteiger partial charge in [0.05, 0.1) is 6.07 Å². The summed E-state index contributed by atoms with van der Waals surface area (Å²) < 4.78 is 0. The van der Waals surface area contributed by atoms with Crippen LogP contribution in [0.2, 0.25) is 0 Å². The summed E-state index contributed by atoms with van der Waals surface area (Å²) in [6.07, 6.45) is 3.75. The fourth-order valence-corrected chi connectivity index (χ4v) is 0.381. The first-order valence-corrected chi connectivity index (χ1v) is 9.79. The van der Waals surface area contributed by atoms with Gasteiger partial charge in [0.25, 0.3) is 0 Å². The Morgan fingerprint density at radius 2 is 2.00 bits per heavy atom. The molecule has 0 aromatic carbocycles. The van der Waals surface area contributed by atoms with Crippen molar-refractivity contribution in [1.82, 2.24) is 0 Å². The Hall–Kier alpha value is 0.593. The first-order chi connectivity index (χ1) is 4.41. The zero-order valence-corrected chi connectivity index (χ0v) is 10.1. The molecule has 0 rings (SSSR count). The normalized spacial score (nSPS) is 7.00. The Morgan fingerprint density at radius 1 is 1.44 bits per heavy atom. The van der Waals surface area contributed by atoms with E-state index in [-0.39, 0.29) is 0 Å². The Morgan fingerprint density at radius 3 is 2.33 bits per heavy atom. The van der Waals surface area contributed by atoms with Gasteiger partial charge in [-0.25, -0.2) is 0 Å². The van der Waals surface area contributed by atoms with Crippen molar-refractivity contribution < 1.29 is 16.3 Å². The molecule has 0 atom stereocenters. The van der Waals surface area contributed by atoms with E-state index in [0.717, 1.165) is 19.3 Å². The van der Waals surface area contributed by atoms with Crippen molar-refractivity contribution in [3.8, 4) is 6.07 Å². The van der Waals surface area contributed by atoms with Gasteiger partial charge in [0.1, 0.15) is 0 Å². The van der Waals surface area contributed by atoms with E-state index in [0.29, 0.717) is 6.42 Å². The fraction of sp³-hybridized carbons (Fsp3) is 0.667. The van der Waals surface area contributed by atoms with E-state index in [4.69, 9.17) is 5.26 Å². The second kappa shape index (κ2) is 15.8. The van der Waals surface area contributed by atoms with E-state index >= 15 is 0 Å². The number of halogens is 1. The van der Waals surface area contributed by atoms with E-state index in [1.807, 2.05) is 0 Å². The summed E-state index contributed by atoms with van der Waals surface area (Å²) in [6.45, 7) is 3.65. The molecule has 0 unspecified atom stereocenters. The van der Waals surface area contributed by atoms with Crippen LogP contribution in [0.3, 0.4) is 0 Å². The SMILES string of the molecule is [CH2-]CCCCC#N.[Zn+][Br]. The van der Waals surface area contributed by atoms with Crippen LogP contribution in [-0.2, 0) is 16.3 Å². The molecule has 0 bridgehead atoms. The summed E-state index contributed by atoms with van der Waals surface area (Å²) in [4.78, 5) is 0. The number of hydrogen-bond acceptors (Lipinski definition) is 1. The summed E-state index contributed by atoms with van der Waals surface area (Å²) in [7, 11) is 0. The minimum atomic E-state index is 0.690. The number of nitrogens with zero attached hydrogens (tertiary/aromatic N) is 1. The fourth-order valence-electron chi connectivity index (χ4n) is 0.381. The molecule has 1 nitrogen and oxygen atoms in total. The third kappa shape index (κ3) is 17.7. The molecule has 0 saturated carbocycles. The summed E-state index contributed by atoms with van der Waals surface area (Å²) in [5.41, 5.74) is 0. The number of hydrogen-bond donors (Lipinski definition) is 0. The van der Waals surface area contributed by atoms with Gasteiger partial charge in [-0.2, -0.15) is 11.7 Å². The second-order valence-electron chi connectivity index (χ2n) is 1.47. The quantitative estimate of drug-likeness (QED) is 0.423. The van der Waals surface area contributed by atoms with Gasteiger partial charge in [-0.05, 0) is 6.42 Å². The molecule has 0 fully saturated rings. The van der Waals surface area contributed by atoms with E-state index < -0.39 is 0 Å². The zero-order chi connectivity index (χ0) is 7.54. The van der Waals surface area contributed by atoms with Gasteiger partial charge in [-0.1, -0.05) is 6.42 Å². The van der Waals surface area contributed by atoms with Crippen molar-refractivity contribution in [2.24, 2.45) is 0 Å². The number of rotatable bonds is 3. The first kappa shape index (κ1) is 12.3. The Bertz CT molecular complexity index is 69.9. The number of nitriles is 1. The van der Waals surface area contributed by atoms with Gasteiger partial charge in [0.15, 0.2) is 0 Å². The van der Waals surface area contributed by atoms with Crippen molar-refractivity contribution >= 4 is 13.6 Å². The molecule has 0 amide bonds. The first-order valence-electron chi connectivity index (χ1n) is 2.84. The number of unbranched alkanes of at least 4 members (excludes halogenated alkanes) is 3. The molecule has 9 heavy (non-hydrogen) atoms. The Balaban J connectivity index is 0. The van der Waals surface area contributed by atoms with Crippen LogP contribution >= 0.6 is 13.6 Å². The summed E-state index contributed by atoms with van der Waals surface area (Å²) in [6, 6.07) is 2.07. The predicted molar refractivity (Wildman–Crippen MR) is 38.4 cm³/mol. The molecule has 0 aromatic rings. The zero-order valence-electron chi connectivity index (χ0n) is 5.57. The second-order valence-corrected chi connectivity index (χ2v) is 1.47. The van der Waals surface area contributed by atoms with Crippen LogP contribution in [-0.4, -0.2) is 0 Å². The van der Waals surface area contributed by atoms with Crippen molar-refractivity contribution in [2.75, 3.05) is 0 Å². The Labute approximate surface area is 73.9 Å². The molecule has 3 heteroatoms.